The van der Waals surface area contributed by atoms with Crippen molar-refractivity contribution in [2.45, 2.75) is 27.7 Å². The van der Waals surface area contributed by atoms with E-state index in [-0.39, 0.29) is 0 Å². The first-order valence-electron chi connectivity index (χ1n) is 4.99. The maximum atomic E-state index is 5.35. The van der Waals surface area contributed by atoms with E-state index >= 15 is 0 Å². The van der Waals surface area contributed by atoms with Gasteiger partial charge in [0.25, 0.3) is 0 Å². The second kappa shape index (κ2) is 4.75. The summed E-state index contributed by atoms with van der Waals surface area (Å²) >= 11 is 4.39. The van der Waals surface area contributed by atoms with E-state index in [4.69, 9.17) is 4.74 Å². The van der Waals surface area contributed by atoms with Gasteiger partial charge in [-0.15, -0.1) is 12.6 Å². The molecule has 0 aliphatic heterocycles. The molecule has 0 heterocycles. The lowest BCUT2D eigenvalue weighted by Gasteiger charge is -2.13. The molecular formula is C13H18OS. The fraction of sp³-hybridized carbons (Fsp3) is 0.385. The van der Waals surface area contributed by atoms with Crippen LogP contribution in [0.5, 0.6) is 5.75 Å². The number of hydrogen-bond donors (Lipinski definition) is 1. The maximum absolute atomic E-state index is 5.35. The summed E-state index contributed by atoms with van der Waals surface area (Å²) in [6, 6.07) is 4.23. The number of rotatable bonds is 2. The van der Waals surface area contributed by atoms with Gasteiger partial charge < -0.3 is 4.74 Å². The molecule has 0 N–H and O–H groups in total. The predicted octanol–water partition coefficient (Wildman–Crippen LogP) is 3.99. The fourth-order valence-electron chi connectivity index (χ4n) is 1.62. The van der Waals surface area contributed by atoms with Crippen LogP contribution in [0.4, 0.5) is 0 Å². The van der Waals surface area contributed by atoms with Gasteiger partial charge in [-0.2, -0.15) is 0 Å². The Bertz CT molecular complexity index is 401. The number of allylic oxidation sites excluding steroid dienone is 2. The monoisotopic (exact) mass is 222 g/mol. The Labute approximate surface area is 97.6 Å². The van der Waals surface area contributed by atoms with Gasteiger partial charge in [-0.3, -0.25) is 0 Å². The predicted molar refractivity (Wildman–Crippen MR) is 69.7 cm³/mol. The highest BCUT2D eigenvalue weighted by Gasteiger charge is 2.08. The molecule has 0 aliphatic carbocycles. The van der Waals surface area contributed by atoms with E-state index in [2.05, 4.69) is 45.5 Å². The molecule has 0 amide bonds. The third kappa shape index (κ3) is 2.57. The van der Waals surface area contributed by atoms with Gasteiger partial charge in [0, 0.05) is 0 Å². The molecule has 0 saturated carbocycles. The molecule has 0 spiro atoms. The third-order valence-corrected chi connectivity index (χ3v) is 3.01. The van der Waals surface area contributed by atoms with E-state index < -0.39 is 0 Å². The maximum Gasteiger partial charge on any atom is 0.122 e. The van der Waals surface area contributed by atoms with Gasteiger partial charge in [0.15, 0.2) is 0 Å². The summed E-state index contributed by atoms with van der Waals surface area (Å²) in [4.78, 5) is 1.05. The second-order valence-electron chi connectivity index (χ2n) is 3.85. The standard InChI is InChI=1S/C13H18OS/c1-8-6-12(9(2)11(4)15)10(3)13(7-8)14-5/h6-7,15H,1-5H3/b11-9-. The number of hydrogen-bond acceptors (Lipinski definition) is 2. The Morgan fingerprint density at radius 3 is 2.27 bits per heavy atom. The van der Waals surface area contributed by atoms with Crippen LogP contribution < -0.4 is 4.74 Å². The van der Waals surface area contributed by atoms with Crippen LogP contribution in [0.15, 0.2) is 17.0 Å². The van der Waals surface area contributed by atoms with Crippen molar-refractivity contribution in [2.24, 2.45) is 0 Å². The Kier molecular flexibility index (Phi) is 3.86. The lowest BCUT2D eigenvalue weighted by Crippen LogP contribution is -1.94. The quantitative estimate of drug-likeness (QED) is 0.744. The zero-order chi connectivity index (χ0) is 11.6. The van der Waals surface area contributed by atoms with Crippen LogP contribution in [-0.4, -0.2) is 7.11 Å². The van der Waals surface area contributed by atoms with E-state index in [0.29, 0.717) is 0 Å². The van der Waals surface area contributed by atoms with Crippen molar-refractivity contribution in [3.63, 3.8) is 0 Å². The van der Waals surface area contributed by atoms with E-state index in [1.165, 1.54) is 22.3 Å². The van der Waals surface area contributed by atoms with Gasteiger partial charge in [-0.25, -0.2) is 0 Å². The SMILES string of the molecule is COc1cc(C)cc(/C(C)=C(/C)S)c1C. The lowest BCUT2D eigenvalue weighted by molar-refractivity contribution is 0.411. The molecule has 0 atom stereocenters. The highest BCUT2D eigenvalue weighted by molar-refractivity contribution is 7.84. The van der Waals surface area contributed by atoms with Crippen molar-refractivity contribution < 1.29 is 4.74 Å². The number of ether oxygens (including phenoxy) is 1. The van der Waals surface area contributed by atoms with Crippen LogP contribution in [0.2, 0.25) is 0 Å². The van der Waals surface area contributed by atoms with Gasteiger partial charge in [-0.05, 0) is 60.9 Å². The van der Waals surface area contributed by atoms with Crippen LogP contribution in [0.1, 0.15) is 30.5 Å². The number of thiol groups is 1. The summed E-state index contributed by atoms with van der Waals surface area (Å²) in [5.41, 5.74) is 4.81. The molecule has 1 nitrogen and oxygen atoms in total. The molecule has 0 saturated heterocycles. The Morgan fingerprint density at radius 2 is 1.80 bits per heavy atom. The molecule has 2 heteroatoms. The summed E-state index contributed by atoms with van der Waals surface area (Å²) in [6.45, 7) is 8.25. The topological polar surface area (TPSA) is 9.23 Å². The zero-order valence-electron chi connectivity index (χ0n) is 10.0. The second-order valence-corrected chi connectivity index (χ2v) is 4.52. The largest absolute Gasteiger partial charge is 0.496 e. The smallest absolute Gasteiger partial charge is 0.122 e. The van der Waals surface area contributed by atoms with Gasteiger partial charge in [0.2, 0.25) is 0 Å². The van der Waals surface area contributed by atoms with Crippen molar-refractivity contribution in [1.29, 1.82) is 0 Å². The van der Waals surface area contributed by atoms with Gasteiger partial charge in [0.1, 0.15) is 5.75 Å². The van der Waals surface area contributed by atoms with Crippen LogP contribution in [-0.2, 0) is 0 Å². The van der Waals surface area contributed by atoms with Crippen LogP contribution in [0.25, 0.3) is 5.57 Å². The molecule has 1 rings (SSSR count). The van der Waals surface area contributed by atoms with E-state index in [1.54, 1.807) is 7.11 Å². The zero-order valence-corrected chi connectivity index (χ0v) is 10.9. The summed E-state index contributed by atoms with van der Waals surface area (Å²) < 4.78 is 5.35. The molecular weight excluding hydrogens is 204 g/mol. The molecule has 0 radical (unpaired) electrons. The average Bonchev–Trinajstić information content (AvgIpc) is 2.19. The molecule has 1 aromatic carbocycles. The summed E-state index contributed by atoms with van der Waals surface area (Å²) in [7, 11) is 1.71. The first kappa shape index (κ1) is 12.2. The van der Waals surface area contributed by atoms with Crippen LogP contribution in [0.3, 0.4) is 0 Å². The Morgan fingerprint density at radius 1 is 1.20 bits per heavy atom. The molecule has 1 aromatic rings. The first-order chi connectivity index (χ1) is 6.97. The van der Waals surface area contributed by atoms with Crippen molar-refractivity contribution in [1.82, 2.24) is 0 Å². The molecule has 82 valence electrons. The van der Waals surface area contributed by atoms with Crippen molar-refractivity contribution in [3.05, 3.63) is 33.7 Å². The summed E-state index contributed by atoms with van der Waals surface area (Å²) in [6.07, 6.45) is 0. The lowest BCUT2D eigenvalue weighted by atomic mass is 9.98. The molecule has 15 heavy (non-hydrogen) atoms. The average molecular weight is 222 g/mol. The number of benzene rings is 1. The van der Waals surface area contributed by atoms with E-state index in [1.807, 2.05) is 6.92 Å². The normalized spacial score (nSPS) is 12.4. The number of methoxy groups -OCH3 is 1. The molecule has 0 aliphatic rings. The highest BCUT2D eigenvalue weighted by Crippen LogP contribution is 2.30. The van der Waals surface area contributed by atoms with Crippen LogP contribution in [0, 0.1) is 13.8 Å². The fourth-order valence-corrected chi connectivity index (χ4v) is 1.74. The van der Waals surface area contributed by atoms with Crippen molar-refractivity contribution >= 4 is 18.2 Å². The van der Waals surface area contributed by atoms with E-state index in [9.17, 15) is 0 Å². The first-order valence-corrected chi connectivity index (χ1v) is 5.44. The highest BCUT2D eigenvalue weighted by atomic mass is 32.1. The summed E-state index contributed by atoms with van der Waals surface area (Å²) in [5.74, 6) is 0.943. The van der Waals surface area contributed by atoms with Crippen molar-refractivity contribution in [2.75, 3.05) is 7.11 Å². The minimum atomic E-state index is 0.943. The molecule has 0 aromatic heterocycles. The molecule has 0 unspecified atom stereocenters. The van der Waals surface area contributed by atoms with Gasteiger partial charge >= 0.3 is 0 Å². The summed E-state index contributed by atoms with van der Waals surface area (Å²) in [5, 5.41) is 0. The minimum Gasteiger partial charge on any atom is -0.496 e. The van der Waals surface area contributed by atoms with Crippen LogP contribution >= 0.6 is 12.6 Å². The molecule has 0 bridgehead atoms. The van der Waals surface area contributed by atoms with Crippen molar-refractivity contribution in [3.8, 4) is 5.75 Å². The Hall–Kier alpha value is -0.890. The van der Waals surface area contributed by atoms with Gasteiger partial charge in [-0.1, -0.05) is 6.07 Å². The van der Waals surface area contributed by atoms with Gasteiger partial charge in [0.05, 0.1) is 7.11 Å². The Balaban J connectivity index is 3.43. The molecule has 0 fully saturated rings. The third-order valence-electron chi connectivity index (χ3n) is 2.67. The van der Waals surface area contributed by atoms with E-state index in [0.717, 1.165) is 10.7 Å². The minimum absolute atomic E-state index is 0.943. The number of aryl methyl sites for hydroxylation is 1.